The van der Waals surface area contributed by atoms with Gasteiger partial charge in [-0.25, -0.2) is 0 Å². The number of hydrogen-bond acceptors (Lipinski definition) is 1. The first kappa shape index (κ1) is 13.2. The standard InChI is InChI=1S/C19H19ClO/c1-21-14-9-6-13(7-10-14)19(20)18-16-11-8-12-4-2-3-5-15(12)17(16)18/h2-7,9-10,16-19H,8,11H2,1H3. The van der Waals surface area contributed by atoms with Crippen LogP contribution >= 0.6 is 11.6 Å². The van der Waals surface area contributed by atoms with Crippen molar-refractivity contribution >= 4 is 11.6 Å². The van der Waals surface area contributed by atoms with Crippen LogP contribution in [0.4, 0.5) is 0 Å². The molecule has 0 saturated heterocycles. The topological polar surface area (TPSA) is 9.23 Å². The van der Waals surface area contributed by atoms with Gasteiger partial charge in [0.2, 0.25) is 0 Å². The van der Waals surface area contributed by atoms with Crippen molar-refractivity contribution in [1.29, 1.82) is 0 Å². The number of fused-ring (bicyclic) bond motifs is 3. The van der Waals surface area contributed by atoms with Crippen molar-refractivity contribution in [2.45, 2.75) is 24.1 Å². The number of hydrogen-bond donors (Lipinski definition) is 0. The lowest BCUT2D eigenvalue weighted by Gasteiger charge is -2.13. The first-order valence-corrected chi connectivity index (χ1v) is 8.09. The minimum atomic E-state index is 0.108. The minimum Gasteiger partial charge on any atom is -0.497 e. The summed E-state index contributed by atoms with van der Waals surface area (Å²) in [5, 5.41) is 0.108. The maximum Gasteiger partial charge on any atom is 0.118 e. The Bertz CT molecular complexity index is 649. The molecule has 0 N–H and O–H groups in total. The maximum atomic E-state index is 6.80. The molecule has 0 radical (unpaired) electrons. The van der Waals surface area contributed by atoms with Crippen molar-refractivity contribution in [2.75, 3.05) is 7.11 Å². The third-order valence-corrected chi connectivity index (χ3v) is 5.71. The van der Waals surface area contributed by atoms with Crippen LogP contribution in [-0.4, -0.2) is 7.11 Å². The maximum absolute atomic E-state index is 6.80. The minimum absolute atomic E-state index is 0.108. The van der Waals surface area contributed by atoms with Crippen LogP contribution in [0.5, 0.6) is 5.75 Å². The Hall–Kier alpha value is -1.47. The largest absolute Gasteiger partial charge is 0.497 e. The van der Waals surface area contributed by atoms with E-state index in [0.717, 1.165) is 11.7 Å². The van der Waals surface area contributed by atoms with E-state index in [2.05, 4.69) is 36.4 Å². The van der Waals surface area contributed by atoms with Crippen LogP contribution in [0.2, 0.25) is 0 Å². The van der Waals surface area contributed by atoms with E-state index >= 15 is 0 Å². The fraction of sp³-hybridized carbons (Fsp3) is 0.368. The highest BCUT2D eigenvalue weighted by atomic mass is 35.5. The van der Waals surface area contributed by atoms with Gasteiger partial charge in [0.25, 0.3) is 0 Å². The molecule has 4 unspecified atom stereocenters. The summed E-state index contributed by atoms with van der Waals surface area (Å²) in [6.45, 7) is 0. The average Bonchev–Trinajstić information content (AvgIpc) is 3.29. The summed E-state index contributed by atoms with van der Waals surface area (Å²) in [7, 11) is 1.69. The number of benzene rings is 2. The Morgan fingerprint density at radius 3 is 2.62 bits per heavy atom. The quantitative estimate of drug-likeness (QED) is 0.728. The van der Waals surface area contributed by atoms with Gasteiger partial charge in [-0.3, -0.25) is 0 Å². The fourth-order valence-corrected chi connectivity index (χ4v) is 4.52. The van der Waals surface area contributed by atoms with Crippen LogP contribution in [0.3, 0.4) is 0 Å². The summed E-state index contributed by atoms with van der Waals surface area (Å²) >= 11 is 6.80. The molecule has 1 nitrogen and oxygen atoms in total. The molecule has 0 amide bonds. The Kier molecular flexibility index (Phi) is 3.19. The Balaban J connectivity index is 1.58. The van der Waals surface area contributed by atoms with Crippen LogP contribution in [0.25, 0.3) is 0 Å². The van der Waals surface area contributed by atoms with E-state index in [1.165, 1.54) is 29.5 Å². The number of halogens is 1. The molecule has 4 rings (SSSR count). The van der Waals surface area contributed by atoms with Gasteiger partial charge < -0.3 is 4.74 Å². The molecule has 0 spiro atoms. The van der Waals surface area contributed by atoms with Gasteiger partial charge in [0, 0.05) is 0 Å². The van der Waals surface area contributed by atoms with E-state index < -0.39 is 0 Å². The zero-order valence-corrected chi connectivity index (χ0v) is 12.9. The second-order valence-corrected chi connectivity index (χ2v) is 6.65. The van der Waals surface area contributed by atoms with Crippen molar-refractivity contribution in [3.63, 3.8) is 0 Å². The van der Waals surface area contributed by atoms with E-state index in [1.807, 2.05) is 12.1 Å². The molecule has 0 bridgehead atoms. The molecule has 2 aromatic rings. The monoisotopic (exact) mass is 298 g/mol. The lowest BCUT2D eigenvalue weighted by molar-refractivity contribution is 0.414. The molecule has 2 aliphatic rings. The second kappa shape index (κ2) is 5.06. The molecular weight excluding hydrogens is 280 g/mol. The fourth-order valence-electron chi connectivity index (χ4n) is 4.03. The molecule has 4 atom stereocenters. The van der Waals surface area contributed by atoms with Gasteiger partial charge in [0.15, 0.2) is 0 Å². The summed E-state index contributed by atoms with van der Waals surface area (Å²) in [6.07, 6.45) is 2.49. The van der Waals surface area contributed by atoms with Crippen molar-refractivity contribution in [3.8, 4) is 5.75 Å². The highest BCUT2D eigenvalue weighted by Crippen LogP contribution is 2.65. The predicted molar refractivity (Wildman–Crippen MR) is 86.1 cm³/mol. The molecule has 0 heterocycles. The summed E-state index contributed by atoms with van der Waals surface area (Å²) in [5.74, 6) is 2.91. The summed E-state index contributed by atoms with van der Waals surface area (Å²) < 4.78 is 5.22. The molecule has 0 aliphatic heterocycles. The number of aryl methyl sites for hydroxylation is 1. The van der Waals surface area contributed by atoms with Crippen LogP contribution < -0.4 is 4.74 Å². The van der Waals surface area contributed by atoms with Gasteiger partial charge in [0.1, 0.15) is 5.75 Å². The smallest absolute Gasteiger partial charge is 0.118 e. The second-order valence-electron chi connectivity index (χ2n) is 6.18. The molecule has 2 heteroatoms. The van der Waals surface area contributed by atoms with E-state index in [-0.39, 0.29) is 5.38 Å². The predicted octanol–water partition coefficient (Wildman–Crippen LogP) is 4.95. The summed E-state index contributed by atoms with van der Waals surface area (Å²) in [5.41, 5.74) is 4.28. The first-order valence-electron chi connectivity index (χ1n) is 7.65. The first-order chi connectivity index (χ1) is 10.3. The Labute approximate surface area is 130 Å². The third-order valence-electron chi connectivity index (χ3n) is 5.16. The highest BCUT2D eigenvalue weighted by Gasteiger charge is 2.56. The van der Waals surface area contributed by atoms with Crippen LogP contribution in [-0.2, 0) is 6.42 Å². The average molecular weight is 299 g/mol. The molecule has 2 aromatic carbocycles. The van der Waals surface area contributed by atoms with Crippen molar-refractivity contribution in [2.24, 2.45) is 11.8 Å². The van der Waals surface area contributed by atoms with E-state index in [4.69, 9.17) is 16.3 Å². The van der Waals surface area contributed by atoms with Gasteiger partial charge in [0.05, 0.1) is 12.5 Å². The summed E-state index contributed by atoms with van der Waals surface area (Å²) in [4.78, 5) is 0. The number of alkyl halides is 1. The molecule has 2 aliphatic carbocycles. The van der Waals surface area contributed by atoms with Crippen molar-refractivity contribution in [1.82, 2.24) is 0 Å². The number of rotatable bonds is 3. The zero-order chi connectivity index (χ0) is 14.4. The van der Waals surface area contributed by atoms with Gasteiger partial charge >= 0.3 is 0 Å². The Morgan fingerprint density at radius 1 is 1.10 bits per heavy atom. The Morgan fingerprint density at radius 2 is 1.86 bits per heavy atom. The lowest BCUT2D eigenvalue weighted by atomic mass is 9.92. The van der Waals surface area contributed by atoms with Crippen molar-refractivity contribution < 1.29 is 4.74 Å². The van der Waals surface area contributed by atoms with Crippen molar-refractivity contribution in [3.05, 3.63) is 65.2 Å². The molecule has 1 fully saturated rings. The molecule has 108 valence electrons. The SMILES string of the molecule is COc1ccc(C(Cl)C2C3CCc4ccccc4C32)cc1. The molecule has 21 heavy (non-hydrogen) atoms. The molecule has 1 saturated carbocycles. The van der Waals surface area contributed by atoms with Gasteiger partial charge in [-0.15, -0.1) is 11.6 Å². The van der Waals surface area contributed by atoms with Crippen LogP contribution in [0.15, 0.2) is 48.5 Å². The molecule has 0 aromatic heterocycles. The number of methoxy groups -OCH3 is 1. The molecular formula is C19H19ClO. The van der Waals surface area contributed by atoms with E-state index in [9.17, 15) is 0 Å². The van der Waals surface area contributed by atoms with E-state index in [0.29, 0.717) is 11.8 Å². The highest BCUT2D eigenvalue weighted by molar-refractivity contribution is 6.21. The lowest BCUT2D eigenvalue weighted by Crippen LogP contribution is -2.00. The van der Waals surface area contributed by atoms with Gasteiger partial charge in [-0.1, -0.05) is 36.4 Å². The normalized spacial score (nSPS) is 27.4. The van der Waals surface area contributed by atoms with Crippen LogP contribution in [0.1, 0.15) is 34.4 Å². The zero-order valence-electron chi connectivity index (χ0n) is 12.1. The summed E-state index contributed by atoms with van der Waals surface area (Å²) in [6, 6.07) is 17.1. The van der Waals surface area contributed by atoms with Gasteiger partial charge in [-0.2, -0.15) is 0 Å². The van der Waals surface area contributed by atoms with Gasteiger partial charge in [-0.05, 0) is 59.4 Å². The van der Waals surface area contributed by atoms with Crippen LogP contribution in [0, 0.1) is 11.8 Å². The third kappa shape index (κ3) is 2.15. The van der Waals surface area contributed by atoms with E-state index in [1.54, 1.807) is 7.11 Å². The number of ether oxygens (including phenoxy) is 1.